The summed E-state index contributed by atoms with van der Waals surface area (Å²) < 4.78 is 95.2. The first-order chi connectivity index (χ1) is 20.5. The van der Waals surface area contributed by atoms with Gasteiger partial charge in [0, 0.05) is 51.7 Å². The fourth-order valence-corrected chi connectivity index (χ4v) is 6.85. The quantitative estimate of drug-likeness (QED) is 0.325. The highest BCUT2D eigenvalue weighted by molar-refractivity contribution is 5.85. The molecule has 0 aromatic heterocycles. The Bertz CT molecular complexity index is 1390. The van der Waals surface area contributed by atoms with Crippen molar-refractivity contribution >= 4 is 24.3 Å². The number of hydrogen-bond acceptors (Lipinski definition) is 3. The van der Waals surface area contributed by atoms with Gasteiger partial charge < -0.3 is 14.7 Å². The van der Waals surface area contributed by atoms with Gasteiger partial charge in [-0.2, -0.15) is 26.3 Å². The maximum absolute atomic E-state index is 14.1. The van der Waals surface area contributed by atoms with Crippen LogP contribution in [0.5, 0.6) is 0 Å². The third-order valence-electron chi connectivity index (χ3n) is 9.43. The van der Waals surface area contributed by atoms with Crippen LogP contribution in [0.15, 0.2) is 36.4 Å². The van der Waals surface area contributed by atoms with E-state index in [1.54, 1.807) is 17.9 Å². The number of piperidine rings is 1. The van der Waals surface area contributed by atoms with Crippen LogP contribution < -0.4 is 0 Å². The molecule has 0 radical (unpaired) electrons. The van der Waals surface area contributed by atoms with Crippen molar-refractivity contribution in [2.75, 3.05) is 33.2 Å². The zero-order valence-corrected chi connectivity index (χ0v) is 25.9. The minimum Gasteiger partial charge on any atom is -0.337 e. The molecule has 0 spiro atoms. The third-order valence-corrected chi connectivity index (χ3v) is 9.43. The number of alkyl halides is 6. The van der Waals surface area contributed by atoms with Gasteiger partial charge in [0.1, 0.15) is 5.82 Å². The Morgan fingerprint density at radius 3 is 2.18 bits per heavy atom. The third kappa shape index (κ3) is 7.19. The van der Waals surface area contributed by atoms with Crippen LogP contribution in [0, 0.1) is 12.7 Å². The predicted octanol–water partition coefficient (Wildman–Crippen LogP) is 7.22. The topological polar surface area (TPSA) is 47.1 Å². The number of halogens is 8. The van der Waals surface area contributed by atoms with Gasteiger partial charge in [0.2, 0.25) is 5.91 Å². The molecule has 4 atom stereocenters. The van der Waals surface area contributed by atoms with Crippen molar-refractivity contribution in [3.8, 4) is 0 Å². The molecular weight excluding hydrogens is 629 g/mol. The zero-order valence-electron chi connectivity index (χ0n) is 25.1. The minimum atomic E-state index is -5.01. The minimum absolute atomic E-state index is 0. The second-order valence-electron chi connectivity index (χ2n) is 12.1. The molecule has 3 saturated heterocycles. The predicted molar refractivity (Wildman–Crippen MR) is 155 cm³/mol. The molecule has 14 heteroatoms. The number of amides is 3. The molecular formula is C31H36ClF7N4O2. The number of likely N-dealkylation sites (tertiary alicyclic amines) is 1. The van der Waals surface area contributed by atoms with E-state index in [-0.39, 0.29) is 48.6 Å². The van der Waals surface area contributed by atoms with Crippen molar-refractivity contribution in [3.05, 3.63) is 70.0 Å². The van der Waals surface area contributed by atoms with Gasteiger partial charge in [-0.3, -0.25) is 9.69 Å². The van der Waals surface area contributed by atoms with Crippen molar-refractivity contribution in [1.82, 2.24) is 19.6 Å². The Morgan fingerprint density at radius 2 is 1.58 bits per heavy atom. The average Bonchev–Trinajstić information content (AvgIpc) is 3.34. The normalized spacial score (nSPS) is 23.4. The molecule has 6 nitrogen and oxygen atoms in total. The van der Waals surface area contributed by atoms with Crippen LogP contribution in [-0.2, 0) is 17.1 Å². The van der Waals surface area contributed by atoms with E-state index in [0.717, 1.165) is 16.9 Å². The van der Waals surface area contributed by atoms with Crippen LogP contribution in [0.3, 0.4) is 0 Å². The second kappa shape index (κ2) is 13.0. The second-order valence-corrected chi connectivity index (χ2v) is 12.1. The number of benzene rings is 2. The number of hydrogen-bond donors (Lipinski definition) is 0. The van der Waals surface area contributed by atoms with Crippen molar-refractivity contribution in [1.29, 1.82) is 0 Å². The molecule has 0 bridgehead atoms. The number of urea groups is 1. The summed E-state index contributed by atoms with van der Waals surface area (Å²) >= 11 is 0. The number of carbonyl (C=O) groups excluding carboxylic acids is 2. The Labute approximate surface area is 263 Å². The molecule has 3 aliphatic rings. The van der Waals surface area contributed by atoms with Crippen molar-refractivity contribution in [3.63, 3.8) is 0 Å². The van der Waals surface area contributed by atoms with Gasteiger partial charge in [0.25, 0.3) is 0 Å². The first kappa shape index (κ1) is 34.8. The largest absolute Gasteiger partial charge is 0.416 e. The first-order valence-electron chi connectivity index (χ1n) is 14.7. The van der Waals surface area contributed by atoms with E-state index in [1.165, 1.54) is 26.1 Å². The van der Waals surface area contributed by atoms with Gasteiger partial charge in [-0.15, -0.1) is 12.4 Å². The molecule has 0 aliphatic carbocycles. The molecule has 3 amide bonds. The molecule has 0 saturated carbocycles. The number of nitrogens with zero attached hydrogens (tertiary/aromatic N) is 4. The molecule has 3 aliphatic heterocycles. The summed E-state index contributed by atoms with van der Waals surface area (Å²) in [5, 5.41) is 0. The number of carbonyl (C=O) groups is 2. The Morgan fingerprint density at radius 1 is 0.933 bits per heavy atom. The van der Waals surface area contributed by atoms with Crippen LogP contribution in [-0.4, -0.2) is 76.8 Å². The summed E-state index contributed by atoms with van der Waals surface area (Å²) in [4.78, 5) is 33.2. The number of rotatable bonds is 4. The van der Waals surface area contributed by atoms with Gasteiger partial charge in [-0.05, 0) is 80.1 Å². The lowest BCUT2D eigenvalue weighted by Gasteiger charge is -2.48. The fourth-order valence-electron chi connectivity index (χ4n) is 6.85. The lowest BCUT2D eigenvalue weighted by Crippen LogP contribution is -2.57. The van der Waals surface area contributed by atoms with E-state index in [4.69, 9.17) is 0 Å². The van der Waals surface area contributed by atoms with E-state index in [0.29, 0.717) is 56.6 Å². The SMILES string of the molecule is Cc1cc(F)ccc1[C@H]1C[C@@H](N2CCN3C(=O)CC[C@H]3C2)CCN1C(=O)N(C)[C@H](C)c1cc(C(F)(F)F)cc(C(F)(F)F)c1.Cl. The van der Waals surface area contributed by atoms with Gasteiger partial charge in [-0.1, -0.05) is 6.07 Å². The smallest absolute Gasteiger partial charge is 0.337 e. The van der Waals surface area contributed by atoms with Crippen LogP contribution in [0.1, 0.15) is 72.5 Å². The lowest BCUT2D eigenvalue weighted by molar-refractivity contribution is -0.143. The number of aryl methyl sites for hydroxylation is 1. The average molecular weight is 665 g/mol. The molecule has 5 rings (SSSR count). The van der Waals surface area contributed by atoms with E-state index >= 15 is 0 Å². The molecule has 2 aromatic carbocycles. The summed E-state index contributed by atoms with van der Waals surface area (Å²) in [5.74, 6) is -0.274. The Balaban J connectivity index is 0.00000461. The van der Waals surface area contributed by atoms with Crippen molar-refractivity contribution < 1.29 is 40.3 Å². The highest BCUT2D eigenvalue weighted by Crippen LogP contribution is 2.40. The molecule has 45 heavy (non-hydrogen) atoms. The van der Waals surface area contributed by atoms with Gasteiger partial charge in [0.15, 0.2) is 0 Å². The molecule has 3 heterocycles. The van der Waals surface area contributed by atoms with E-state index < -0.39 is 47.4 Å². The maximum atomic E-state index is 14.1. The molecule has 2 aromatic rings. The van der Waals surface area contributed by atoms with Gasteiger partial charge >= 0.3 is 18.4 Å². The summed E-state index contributed by atoms with van der Waals surface area (Å²) in [5.41, 5.74) is -1.84. The zero-order chi connectivity index (χ0) is 32.1. The van der Waals surface area contributed by atoms with E-state index in [9.17, 15) is 40.3 Å². The van der Waals surface area contributed by atoms with Crippen LogP contribution in [0.4, 0.5) is 35.5 Å². The Kier molecular flexibility index (Phi) is 10.0. The highest BCUT2D eigenvalue weighted by Gasteiger charge is 2.43. The maximum Gasteiger partial charge on any atom is 0.416 e. The first-order valence-corrected chi connectivity index (χ1v) is 14.7. The summed E-state index contributed by atoms with van der Waals surface area (Å²) in [7, 11) is 1.36. The molecule has 248 valence electrons. The molecule has 0 N–H and O–H groups in total. The van der Waals surface area contributed by atoms with Crippen LogP contribution >= 0.6 is 12.4 Å². The summed E-state index contributed by atoms with van der Waals surface area (Å²) in [6.45, 7) is 5.43. The van der Waals surface area contributed by atoms with E-state index in [1.807, 2.05) is 4.90 Å². The Hall–Kier alpha value is -3.06. The fraction of sp³-hybridized carbons (Fsp3) is 0.548. The molecule has 3 fully saturated rings. The standard InChI is InChI=1S/C31H35F7N4O2.ClH/c1-18-12-23(32)4-6-26(18)27-16-24(40-10-11-41-25(17-40)5-7-28(41)43)8-9-42(27)29(44)39(3)19(2)20-13-21(30(33,34)35)15-22(14-20)31(36,37)38;/h4,6,12-15,19,24-25,27H,5,7-11,16-17H2,1-3H3;1H/t19-,24+,25+,27-;/m1./s1. The number of fused-ring (bicyclic) bond motifs is 1. The van der Waals surface area contributed by atoms with Crippen molar-refractivity contribution in [2.24, 2.45) is 0 Å². The highest BCUT2D eigenvalue weighted by atomic mass is 35.5. The van der Waals surface area contributed by atoms with Crippen molar-refractivity contribution in [2.45, 2.75) is 76.1 Å². The van der Waals surface area contributed by atoms with Crippen LogP contribution in [0.25, 0.3) is 0 Å². The lowest BCUT2D eigenvalue weighted by atomic mass is 9.88. The number of piperazine rings is 1. The monoisotopic (exact) mass is 664 g/mol. The molecule has 0 unspecified atom stereocenters. The van der Waals surface area contributed by atoms with Gasteiger partial charge in [-0.25, -0.2) is 9.18 Å². The van der Waals surface area contributed by atoms with E-state index in [2.05, 4.69) is 4.90 Å². The van der Waals surface area contributed by atoms with Gasteiger partial charge in [0.05, 0.1) is 23.2 Å². The summed E-state index contributed by atoms with van der Waals surface area (Å²) in [6, 6.07) is 3.68. The van der Waals surface area contributed by atoms with Crippen LogP contribution in [0.2, 0.25) is 0 Å². The summed E-state index contributed by atoms with van der Waals surface area (Å²) in [6.07, 6.45) is -7.60.